The van der Waals surface area contributed by atoms with Gasteiger partial charge in [-0.25, -0.2) is 0 Å². The maximum Gasteiger partial charge on any atom is 0.236 e. The number of piperidine rings is 1. The van der Waals surface area contributed by atoms with E-state index in [0.29, 0.717) is 25.4 Å². The predicted molar refractivity (Wildman–Crippen MR) is 133 cm³/mol. The summed E-state index contributed by atoms with van der Waals surface area (Å²) in [6.07, 6.45) is 5.88. The Hall–Kier alpha value is -2.37. The minimum absolute atomic E-state index is 0. The fourth-order valence-corrected chi connectivity index (χ4v) is 5.18. The SMILES string of the molecule is CCC(CCN1C(=O)CCC(c2ccccc2)C1=O)NC1CCc2cccc(OC)c2C1.Cl. The van der Waals surface area contributed by atoms with Gasteiger partial charge in [0, 0.05) is 25.0 Å². The number of fused-ring (bicyclic) bond motifs is 1. The summed E-state index contributed by atoms with van der Waals surface area (Å²) in [6.45, 7) is 2.65. The number of nitrogens with one attached hydrogen (secondary N) is 1. The third-order valence-corrected chi connectivity index (χ3v) is 7.04. The topological polar surface area (TPSA) is 58.6 Å². The molecular formula is C27H35ClN2O3. The second-order valence-electron chi connectivity index (χ2n) is 8.98. The van der Waals surface area contributed by atoms with Gasteiger partial charge in [0.25, 0.3) is 0 Å². The van der Waals surface area contributed by atoms with Crippen LogP contribution in [0, 0.1) is 0 Å². The van der Waals surface area contributed by atoms with Crippen molar-refractivity contribution in [3.05, 3.63) is 65.2 Å². The zero-order valence-electron chi connectivity index (χ0n) is 19.6. The van der Waals surface area contributed by atoms with Gasteiger partial charge in [-0.3, -0.25) is 14.5 Å². The minimum Gasteiger partial charge on any atom is -0.496 e. The molecule has 1 saturated heterocycles. The molecule has 1 heterocycles. The smallest absolute Gasteiger partial charge is 0.236 e. The Morgan fingerprint density at radius 2 is 1.85 bits per heavy atom. The van der Waals surface area contributed by atoms with E-state index in [4.69, 9.17) is 4.74 Å². The molecule has 0 radical (unpaired) electrons. The Balaban J connectivity index is 0.00000306. The first-order valence-electron chi connectivity index (χ1n) is 11.9. The first-order valence-corrected chi connectivity index (χ1v) is 11.9. The summed E-state index contributed by atoms with van der Waals surface area (Å²) in [6, 6.07) is 16.8. The van der Waals surface area contributed by atoms with Crippen molar-refractivity contribution in [2.45, 2.75) is 69.9 Å². The first-order chi connectivity index (χ1) is 15.6. The lowest BCUT2D eigenvalue weighted by atomic mass is 9.87. The lowest BCUT2D eigenvalue weighted by Gasteiger charge is -2.33. The molecule has 0 spiro atoms. The number of aryl methyl sites for hydroxylation is 1. The summed E-state index contributed by atoms with van der Waals surface area (Å²) >= 11 is 0. The predicted octanol–water partition coefficient (Wildman–Crippen LogP) is 4.67. The van der Waals surface area contributed by atoms with Crippen LogP contribution >= 0.6 is 12.4 Å². The van der Waals surface area contributed by atoms with Gasteiger partial charge in [0.2, 0.25) is 11.8 Å². The van der Waals surface area contributed by atoms with E-state index in [2.05, 4.69) is 24.4 Å². The average Bonchev–Trinajstić information content (AvgIpc) is 2.83. The number of hydrogen-bond acceptors (Lipinski definition) is 4. The fraction of sp³-hybridized carbons (Fsp3) is 0.481. The third-order valence-electron chi connectivity index (χ3n) is 7.04. The van der Waals surface area contributed by atoms with Crippen molar-refractivity contribution < 1.29 is 14.3 Å². The summed E-state index contributed by atoms with van der Waals surface area (Å²) in [5, 5.41) is 3.81. The number of hydrogen-bond donors (Lipinski definition) is 1. The third kappa shape index (κ3) is 5.77. The Labute approximate surface area is 203 Å². The lowest BCUT2D eigenvalue weighted by molar-refractivity contribution is -0.149. The van der Waals surface area contributed by atoms with E-state index in [1.54, 1.807) is 7.11 Å². The van der Waals surface area contributed by atoms with Crippen LogP contribution in [0.3, 0.4) is 0 Å². The lowest BCUT2D eigenvalue weighted by Crippen LogP contribution is -2.47. The number of carbonyl (C=O) groups excluding carboxylic acids is 2. The highest BCUT2D eigenvalue weighted by Crippen LogP contribution is 2.31. The standard InChI is InChI=1S/C27H34N2O3.ClH/c1-3-21(28-22-13-12-20-10-7-11-25(32-2)24(20)18-22)16-17-29-26(30)15-14-23(27(29)31)19-8-5-4-6-9-19;/h4-11,21-23,28H,3,12-18H2,1-2H3;1H. The van der Waals surface area contributed by atoms with Crippen molar-refractivity contribution >= 4 is 24.2 Å². The number of benzene rings is 2. The molecule has 3 atom stereocenters. The largest absolute Gasteiger partial charge is 0.496 e. The maximum absolute atomic E-state index is 13.1. The van der Waals surface area contributed by atoms with Crippen molar-refractivity contribution in [3.63, 3.8) is 0 Å². The molecule has 4 rings (SSSR count). The quantitative estimate of drug-likeness (QED) is 0.570. The van der Waals surface area contributed by atoms with Crippen LogP contribution in [-0.2, 0) is 22.4 Å². The molecule has 3 unspecified atom stereocenters. The van der Waals surface area contributed by atoms with Crippen LogP contribution in [0.5, 0.6) is 5.75 Å². The molecule has 1 fully saturated rings. The molecule has 5 nitrogen and oxygen atoms in total. The summed E-state index contributed by atoms with van der Waals surface area (Å²) in [5.74, 6) is 0.690. The molecule has 0 bridgehead atoms. The van der Waals surface area contributed by atoms with E-state index < -0.39 is 0 Å². The van der Waals surface area contributed by atoms with E-state index in [0.717, 1.165) is 43.4 Å². The van der Waals surface area contributed by atoms with Crippen molar-refractivity contribution in [1.82, 2.24) is 10.2 Å². The van der Waals surface area contributed by atoms with Crippen molar-refractivity contribution in [3.8, 4) is 5.75 Å². The van der Waals surface area contributed by atoms with E-state index in [-0.39, 0.29) is 36.2 Å². The van der Waals surface area contributed by atoms with Gasteiger partial charge in [0.15, 0.2) is 0 Å². The van der Waals surface area contributed by atoms with Crippen LogP contribution in [-0.4, -0.2) is 42.5 Å². The number of carbonyl (C=O) groups is 2. The molecule has 2 aromatic carbocycles. The zero-order valence-corrected chi connectivity index (χ0v) is 20.4. The van der Waals surface area contributed by atoms with Crippen LogP contribution in [0.1, 0.15) is 61.6 Å². The van der Waals surface area contributed by atoms with Crippen LogP contribution in [0.15, 0.2) is 48.5 Å². The molecule has 0 saturated carbocycles. The second kappa shape index (κ2) is 11.7. The van der Waals surface area contributed by atoms with Gasteiger partial charge >= 0.3 is 0 Å². The monoisotopic (exact) mass is 470 g/mol. The molecule has 2 aromatic rings. The van der Waals surface area contributed by atoms with Crippen molar-refractivity contribution in [1.29, 1.82) is 0 Å². The molecule has 0 aromatic heterocycles. The Kier molecular flexibility index (Phi) is 8.93. The number of amides is 2. The molecule has 1 aliphatic carbocycles. The molecule has 2 amide bonds. The van der Waals surface area contributed by atoms with Crippen LogP contribution in [0.4, 0.5) is 0 Å². The van der Waals surface area contributed by atoms with Gasteiger partial charge in [0.1, 0.15) is 5.75 Å². The van der Waals surface area contributed by atoms with Crippen LogP contribution in [0.2, 0.25) is 0 Å². The first kappa shape index (κ1) is 25.3. The molecule has 6 heteroatoms. The Morgan fingerprint density at radius 1 is 1.06 bits per heavy atom. The number of methoxy groups -OCH3 is 1. The molecule has 2 aliphatic rings. The molecule has 178 valence electrons. The fourth-order valence-electron chi connectivity index (χ4n) is 5.18. The summed E-state index contributed by atoms with van der Waals surface area (Å²) in [5.41, 5.74) is 3.70. The van der Waals surface area contributed by atoms with E-state index in [1.165, 1.54) is 16.0 Å². The maximum atomic E-state index is 13.1. The van der Waals surface area contributed by atoms with Crippen LogP contribution < -0.4 is 10.1 Å². The Morgan fingerprint density at radius 3 is 2.58 bits per heavy atom. The normalized spacial score (nSPS) is 21.2. The van der Waals surface area contributed by atoms with Crippen LogP contribution in [0.25, 0.3) is 0 Å². The average molecular weight is 471 g/mol. The Bertz CT molecular complexity index is 935. The van der Waals surface area contributed by atoms with Crippen molar-refractivity contribution in [2.24, 2.45) is 0 Å². The second-order valence-corrected chi connectivity index (χ2v) is 8.98. The minimum atomic E-state index is -0.204. The van der Waals surface area contributed by atoms with Crippen molar-refractivity contribution in [2.75, 3.05) is 13.7 Å². The van der Waals surface area contributed by atoms with Gasteiger partial charge in [-0.2, -0.15) is 0 Å². The number of nitrogens with zero attached hydrogens (tertiary/aromatic N) is 1. The highest BCUT2D eigenvalue weighted by molar-refractivity contribution is 6.01. The number of halogens is 1. The molecule has 1 N–H and O–H groups in total. The molecular weight excluding hydrogens is 436 g/mol. The zero-order chi connectivity index (χ0) is 22.5. The van der Waals surface area contributed by atoms with Gasteiger partial charge in [-0.1, -0.05) is 49.4 Å². The number of rotatable bonds is 8. The highest BCUT2D eigenvalue weighted by Gasteiger charge is 2.35. The highest BCUT2D eigenvalue weighted by atomic mass is 35.5. The van der Waals surface area contributed by atoms with Gasteiger partial charge < -0.3 is 10.1 Å². The number of imide groups is 1. The van der Waals surface area contributed by atoms with E-state index in [9.17, 15) is 9.59 Å². The van der Waals surface area contributed by atoms with Gasteiger partial charge in [0.05, 0.1) is 13.0 Å². The summed E-state index contributed by atoms with van der Waals surface area (Å²) in [7, 11) is 1.73. The number of likely N-dealkylation sites (tertiary alicyclic amines) is 1. The number of ether oxygens (including phenoxy) is 1. The molecule has 1 aliphatic heterocycles. The summed E-state index contributed by atoms with van der Waals surface area (Å²) in [4.78, 5) is 27.2. The van der Waals surface area contributed by atoms with E-state index in [1.807, 2.05) is 36.4 Å². The van der Waals surface area contributed by atoms with Gasteiger partial charge in [-0.05, 0) is 61.3 Å². The van der Waals surface area contributed by atoms with E-state index >= 15 is 0 Å². The molecule has 33 heavy (non-hydrogen) atoms. The summed E-state index contributed by atoms with van der Waals surface area (Å²) < 4.78 is 5.58. The van der Waals surface area contributed by atoms with Gasteiger partial charge in [-0.15, -0.1) is 12.4 Å².